The van der Waals surface area contributed by atoms with Crippen molar-refractivity contribution in [3.05, 3.63) is 90.3 Å². The number of esters is 3. The molecule has 0 radical (unpaired) electrons. The molecule has 0 fully saturated rings. The van der Waals surface area contributed by atoms with Crippen molar-refractivity contribution in [2.75, 3.05) is 13.2 Å². The van der Waals surface area contributed by atoms with Crippen molar-refractivity contribution in [1.29, 1.82) is 0 Å². The molecular formula is C24H23N3O9. The standard InChI is InChI=1S/C24H23N3O9/c28-13-19(35-23(32)16-5-2-8-26-11-16)20(30)21(36-24(33)17-6-3-9-27-12-17)18(29)14-34-22(31)15-4-1-7-25-10-15/h1-12,18-21,28-30H,13-14H2/t18-,19-,20-,21-/m1/s1. The molecule has 0 aliphatic rings. The second-order valence-corrected chi connectivity index (χ2v) is 7.38. The fourth-order valence-corrected chi connectivity index (χ4v) is 2.99. The average molecular weight is 497 g/mol. The number of hydrogen-bond acceptors (Lipinski definition) is 12. The van der Waals surface area contributed by atoms with Gasteiger partial charge in [0.25, 0.3) is 0 Å². The van der Waals surface area contributed by atoms with E-state index >= 15 is 0 Å². The summed E-state index contributed by atoms with van der Waals surface area (Å²) in [6.45, 7) is -1.58. The van der Waals surface area contributed by atoms with Gasteiger partial charge in [0.15, 0.2) is 12.2 Å². The number of aliphatic hydroxyl groups is 3. The summed E-state index contributed by atoms with van der Waals surface area (Å²) in [6.07, 6.45) is 0.910. The van der Waals surface area contributed by atoms with Crippen molar-refractivity contribution in [3.8, 4) is 0 Å². The molecular weight excluding hydrogens is 474 g/mol. The van der Waals surface area contributed by atoms with E-state index in [1.807, 2.05) is 0 Å². The van der Waals surface area contributed by atoms with Crippen molar-refractivity contribution in [1.82, 2.24) is 15.0 Å². The fourth-order valence-electron chi connectivity index (χ4n) is 2.99. The molecule has 3 heterocycles. The van der Waals surface area contributed by atoms with Gasteiger partial charge >= 0.3 is 17.9 Å². The van der Waals surface area contributed by atoms with Crippen molar-refractivity contribution in [3.63, 3.8) is 0 Å². The summed E-state index contributed by atoms with van der Waals surface area (Å²) in [6, 6.07) is 8.70. The Morgan fingerprint density at radius 2 is 1.22 bits per heavy atom. The first-order valence-corrected chi connectivity index (χ1v) is 10.7. The summed E-state index contributed by atoms with van der Waals surface area (Å²) in [5, 5.41) is 31.3. The van der Waals surface area contributed by atoms with Crippen LogP contribution in [0.1, 0.15) is 31.1 Å². The largest absolute Gasteiger partial charge is 0.459 e. The van der Waals surface area contributed by atoms with Gasteiger partial charge in [0, 0.05) is 37.2 Å². The summed E-state index contributed by atoms with van der Waals surface area (Å²) >= 11 is 0. The molecule has 36 heavy (non-hydrogen) atoms. The lowest BCUT2D eigenvalue weighted by Gasteiger charge is -2.31. The van der Waals surface area contributed by atoms with Crippen LogP contribution < -0.4 is 0 Å². The van der Waals surface area contributed by atoms with Gasteiger partial charge in [0.1, 0.15) is 18.8 Å². The number of carbonyl (C=O) groups excluding carboxylic acids is 3. The van der Waals surface area contributed by atoms with Crippen LogP contribution in [0.5, 0.6) is 0 Å². The smallest absolute Gasteiger partial charge is 0.340 e. The molecule has 12 heteroatoms. The highest BCUT2D eigenvalue weighted by Gasteiger charge is 2.39. The van der Waals surface area contributed by atoms with Crippen LogP contribution in [0.3, 0.4) is 0 Å². The Morgan fingerprint density at radius 3 is 1.67 bits per heavy atom. The Bertz CT molecular complexity index is 1130. The number of hydrogen-bond donors (Lipinski definition) is 3. The van der Waals surface area contributed by atoms with Crippen molar-refractivity contribution >= 4 is 17.9 Å². The van der Waals surface area contributed by atoms with E-state index in [2.05, 4.69) is 15.0 Å². The summed E-state index contributed by atoms with van der Waals surface area (Å²) in [5.74, 6) is -2.72. The van der Waals surface area contributed by atoms with Crippen LogP contribution in [0, 0.1) is 0 Å². The van der Waals surface area contributed by atoms with Gasteiger partial charge in [0.2, 0.25) is 0 Å². The molecule has 0 saturated carbocycles. The zero-order valence-electron chi connectivity index (χ0n) is 18.8. The summed E-state index contributed by atoms with van der Waals surface area (Å²) in [7, 11) is 0. The first-order valence-electron chi connectivity index (χ1n) is 10.7. The molecule has 188 valence electrons. The lowest BCUT2D eigenvalue weighted by Crippen LogP contribution is -2.51. The third-order valence-electron chi connectivity index (χ3n) is 4.86. The minimum absolute atomic E-state index is 0.00200. The zero-order valence-corrected chi connectivity index (χ0v) is 18.8. The predicted molar refractivity (Wildman–Crippen MR) is 120 cm³/mol. The van der Waals surface area contributed by atoms with E-state index in [0.717, 1.165) is 0 Å². The molecule has 12 nitrogen and oxygen atoms in total. The van der Waals surface area contributed by atoms with Crippen molar-refractivity contribution in [2.45, 2.75) is 24.4 Å². The van der Waals surface area contributed by atoms with Crippen LogP contribution >= 0.6 is 0 Å². The highest BCUT2D eigenvalue weighted by atomic mass is 16.6. The van der Waals surface area contributed by atoms with Crippen LogP contribution in [0.4, 0.5) is 0 Å². The van der Waals surface area contributed by atoms with Gasteiger partial charge in [-0.25, -0.2) is 14.4 Å². The Morgan fingerprint density at radius 1 is 0.750 bits per heavy atom. The Hall–Kier alpha value is -4.26. The molecule has 4 atom stereocenters. The third kappa shape index (κ3) is 7.12. The second kappa shape index (κ2) is 13.0. The molecule has 0 unspecified atom stereocenters. The van der Waals surface area contributed by atoms with Gasteiger partial charge in [-0.15, -0.1) is 0 Å². The van der Waals surface area contributed by atoms with Gasteiger partial charge in [-0.3, -0.25) is 15.0 Å². The van der Waals surface area contributed by atoms with E-state index in [1.54, 1.807) is 0 Å². The fraction of sp³-hybridized carbons (Fsp3) is 0.250. The number of nitrogens with zero attached hydrogens (tertiary/aromatic N) is 3. The quantitative estimate of drug-likeness (QED) is 0.242. The van der Waals surface area contributed by atoms with Crippen LogP contribution in [-0.4, -0.2) is 85.8 Å². The van der Waals surface area contributed by atoms with E-state index < -0.39 is 55.5 Å². The summed E-state index contributed by atoms with van der Waals surface area (Å²) in [4.78, 5) is 48.6. The van der Waals surface area contributed by atoms with E-state index in [-0.39, 0.29) is 16.7 Å². The number of rotatable bonds is 11. The van der Waals surface area contributed by atoms with Crippen molar-refractivity contribution < 1.29 is 43.9 Å². The predicted octanol–water partition coefficient (Wildman–Crippen LogP) is 0.194. The molecule has 0 saturated heterocycles. The maximum absolute atomic E-state index is 12.6. The number of carbonyl (C=O) groups is 3. The molecule has 0 amide bonds. The van der Waals surface area contributed by atoms with Crippen molar-refractivity contribution in [2.24, 2.45) is 0 Å². The summed E-state index contributed by atoms with van der Waals surface area (Å²) < 4.78 is 15.5. The van der Waals surface area contributed by atoms with Gasteiger partial charge in [0.05, 0.1) is 23.3 Å². The SMILES string of the molecule is O=C(OC[C@@H](O)[C@@H](OC(=O)c1cccnc1)[C@H](O)[C@@H](CO)OC(=O)c1cccnc1)c1cccnc1. The maximum atomic E-state index is 12.6. The minimum Gasteiger partial charge on any atom is -0.459 e. The number of aromatic nitrogens is 3. The number of pyridine rings is 3. The molecule has 3 aromatic rings. The van der Waals surface area contributed by atoms with Crippen LogP contribution in [-0.2, 0) is 14.2 Å². The minimum atomic E-state index is -1.91. The Labute approximate surface area is 205 Å². The first-order chi connectivity index (χ1) is 17.4. The number of ether oxygens (including phenoxy) is 3. The van der Waals surface area contributed by atoms with E-state index in [1.165, 1.54) is 73.6 Å². The van der Waals surface area contributed by atoms with Gasteiger partial charge < -0.3 is 29.5 Å². The molecule has 0 spiro atoms. The second-order valence-electron chi connectivity index (χ2n) is 7.38. The topological polar surface area (TPSA) is 178 Å². The lowest BCUT2D eigenvalue weighted by atomic mass is 10.0. The highest BCUT2D eigenvalue weighted by molar-refractivity contribution is 5.90. The average Bonchev–Trinajstić information content (AvgIpc) is 2.93. The molecule has 3 rings (SSSR count). The molecule has 0 aliphatic heterocycles. The molecule has 0 aromatic carbocycles. The van der Waals surface area contributed by atoms with E-state index in [4.69, 9.17) is 14.2 Å². The van der Waals surface area contributed by atoms with Crippen LogP contribution in [0.25, 0.3) is 0 Å². The Kier molecular flexibility index (Phi) is 9.51. The normalized spacial score (nSPS) is 14.1. The first kappa shape index (κ1) is 26.3. The van der Waals surface area contributed by atoms with Crippen LogP contribution in [0.2, 0.25) is 0 Å². The monoisotopic (exact) mass is 497 g/mol. The summed E-state index contributed by atoms with van der Waals surface area (Å²) in [5.41, 5.74) is 0.146. The van der Waals surface area contributed by atoms with Gasteiger partial charge in [-0.05, 0) is 36.4 Å². The van der Waals surface area contributed by atoms with E-state index in [0.29, 0.717) is 0 Å². The molecule has 0 aliphatic carbocycles. The Balaban J connectivity index is 1.76. The third-order valence-corrected chi connectivity index (χ3v) is 4.86. The molecule has 3 aromatic heterocycles. The van der Waals surface area contributed by atoms with Gasteiger partial charge in [-0.1, -0.05) is 0 Å². The van der Waals surface area contributed by atoms with Gasteiger partial charge in [-0.2, -0.15) is 0 Å². The number of aliphatic hydroxyl groups excluding tert-OH is 3. The van der Waals surface area contributed by atoms with Crippen LogP contribution in [0.15, 0.2) is 73.6 Å². The highest BCUT2D eigenvalue weighted by Crippen LogP contribution is 2.17. The zero-order chi connectivity index (χ0) is 25.9. The lowest BCUT2D eigenvalue weighted by molar-refractivity contribution is -0.131. The maximum Gasteiger partial charge on any atom is 0.340 e. The molecule has 3 N–H and O–H groups in total. The molecule has 0 bridgehead atoms. The van der Waals surface area contributed by atoms with E-state index in [9.17, 15) is 29.7 Å².